The highest BCUT2D eigenvalue weighted by Gasteiger charge is 2.20. The van der Waals surface area contributed by atoms with Gasteiger partial charge < -0.3 is 15.7 Å². The molecule has 0 fully saturated rings. The van der Waals surface area contributed by atoms with Crippen LogP contribution in [0, 0.1) is 13.8 Å². The molecule has 1 aromatic carbocycles. The highest BCUT2D eigenvalue weighted by Crippen LogP contribution is 2.16. The number of urea groups is 1. The van der Waals surface area contributed by atoms with Crippen molar-refractivity contribution in [3.8, 4) is 0 Å². The summed E-state index contributed by atoms with van der Waals surface area (Å²) in [6.45, 7) is 5.86. The molecule has 2 amide bonds. The van der Waals surface area contributed by atoms with Crippen LogP contribution in [-0.2, 0) is 0 Å². The Bertz CT molecular complexity index is 447. The van der Waals surface area contributed by atoms with Crippen molar-refractivity contribution in [2.45, 2.75) is 26.4 Å². The molecular formula is C14H22N2O2S. The van der Waals surface area contributed by atoms with Crippen LogP contribution < -0.4 is 10.6 Å². The van der Waals surface area contributed by atoms with Crippen molar-refractivity contribution in [2.24, 2.45) is 0 Å². The van der Waals surface area contributed by atoms with Gasteiger partial charge in [0, 0.05) is 18.0 Å². The molecule has 0 aromatic heterocycles. The summed E-state index contributed by atoms with van der Waals surface area (Å²) in [5.41, 5.74) is 2.01. The van der Waals surface area contributed by atoms with E-state index < -0.39 is 5.60 Å². The van der Waals surface area contributed by atoms with Gasteiger partial charge in [-0.1, -0.05) is 12.1 Å². The molecular weight excluding hydrogens is 260 g/mol. The van der Waals surface area contributed by atoms with Gasteiger partial charge in [-0.15, -0.1) is 0 Å². The summed E-state index contributed by atoms with van der Waals surface area (Å²) < 4.78 is 0. The van der Waals surface area contributed by atoms with E-state index in [9.17, 15) is 9.90 Å². The summed E-state index contributed by atoms with van der Waals surface area (Å²) in [6.07, 6.45) is 1.92. The summed E-state index contributed by atoms with van der Waals surface area (Å²) in [6, 6.07) is 5.60. The lowest BCUT2D eigenvalue weighted by Gasteiger charge is -2.22. The van der Waals surface area contributed by atoms with Crippen LogP contribution >= 0.6 is 11.8 Å². The van der Waals surface area contributed by atoms with Crippen LogP contribution in [0.1, 0.15) is 18.1 Å². The number of thioether (sulfide) groups is 1. The molecule has 1 aromatic rings. The van der Waals surface area contributed by atoms with E-state index in [0.29, 0.717) is 5.75 Å². The molecule has 0 aliphatic heterocycles. The van der Waals surface area contributed by atoms with Crippen LogP contribution in [0.4, 0.5) is 10.5 Å². The van der Waals surface area contributed by atoms with Crippen LogP contribution in [0.25, 0.3) is 0 Å². The molecule has 3 N–H and O–H groups in total. The molecule has 4 nitrogen and oxygen atoms in total. The molecule has 0 saturated carbocycles. The van der Waals surface area contributed by atoms with Gasteiger partial charge in [0.25, 0.3) is 0 Å². The predicted octanol–water partition coefficient (Wildman–Crippen LogP) is 2.54. The highest BCUT2D eigenvalue weighted by molar-refractivity contribution is 7.98. The van der Waals surface area contributed by atoms with Gasteiger partial charge in [0.1, 0.15) is 0 Å². The number of nitrogens with one attached hydrogen (secondary N) is 2. The number of carbonyl (C=O) groups is 1. The first-order valence-electron chi connectivity index (χ1n) is 6.17. The minimum Gasteiger partial charge on any atom is -0.387 e. The summed E-state index contributed by atoms with van der Waals surface area (Å²) in [5, 5.41) is 15.5. The SMILES string of the molecule is CSCC(C)(O)CNC(=O)Nc1cc(C)ccc1C. The molecule has 0 aliphatic carbocycles. The number of aryl methyl sites for hydroxylation is 2. The second-order valence-corrected chi connectivity index (χ2v) is 5.92. The zero-order chi connectivity index (χ0) is 14.5. The third-order valence-electron chi connectivity index (χ3n) is 2.73. The fraction of sp³-hybridized carbons (Fsp3) is 0.500. The van der Waals surface area contributed by atoms with Crippen molar-refractivity contribution in [3.05, 3.63) is 29.3 Å². The largest absolute Gasteiger partial charge is 0.387 e. The molecule has 5 heteroatoms. The fourth-order valence-corrected chi connectivity index (χ4v) is 2.39. The monoisotopic (exact) mass is 282 g/mol. The smallest absolute Gasteiger partial charge is 0.319 e. The van der Waals surface area contributed by atoms with Gasteiger partial charge >= 0.3 is 6.03 Å². The molecule has 1 unspecified atom stereocenters. The number of amides is 2. The first-order valence-corrected chi connectivity index (χ1v) is 7.57. The lowest BCUT2D eigenvalue weighted by Crippen LogP contribution is -2.44. The second kappa shape index (κ2) is 6.82. The van der Waals surface area contributed by atoms with Crippen LogP contribution in [0.15, 0.2) is 18.2 Å². The number of rotatable bonds is 5. The van der Waals surface area contributed by atoms with Gasteiger partial charge in [-0.3, -0.25) is 0 Å². The Morgan fingerprint density at radius 1 is 1.42 bits per heavy atom. The molecule has 19 heavy (non-hydrogen) atoms. The van der Waals surface area contributed by atoms with Crippen LogP contribution in [0.5, 0.6) is 0 Å². The molecule has 0 bridgehead atoms. The van der Waals surface area contributed by atoms with Gasteiger partial charge in [0.15, 0.2) is 0 Å². The summed E-state index contributed by atoms with van der Waals surface area (Å²) in [4.78, 5) is 11.8. The van der Waals surface area contributed by atoms with E-state index in [-0.39, 0.29) is 12.6 Å². The van der Waals surface area contributed by atoms with E-state index in [4.69, 9.17) is 0 Å². The molecule has 0 saturated heterocycles. The van der Waals surface area contributed by atoms with Crippen molar-refractivity contribution in [2.75, 3.05) is 23.9 Å². The molecule has 106 valence electrons. The Balaban J connectivity index is 2.54. The first kappa shape index (κ1) is 15.9. The van der Waals surface area contributed by atoms with Gasteiger partial charge in [0.05, 0.1) is 5.60 Å². The summed E-state index contributed by atoms with van der Waals surface area (Å²) >= 11 is 1.55. The minimum absolute atomic E-state index is 0.227. The quantitative estimate of drug-likeness (QED) is 0.778. The average Bonchev–Trinajstić information content (AvgIpc) is 2.31. The molecule has 0 spiro atoms. The summed E-state index contributed by atoms with van der Waals surface area (Å²) in [7, 11) is 0. The Morgan fingerprint density at radius 2 is 2.11 bits per heavy atom. The number of anilines is 1. The minimum atomic E-state index is -0.890. The first-order chi connectivity index (χ1) is 8.84. The Labute approximate surface area is 119 Å². The number of aliphatic hydroxyl groups is 1. The normalized spacial score (nSPS) is 13.7. The van der Waals surface area contributed by atoms with Crippen molar-refractivity contribution < 1.29 is 9.90 Å². The molecule has 0 heterocycles. The second-order valence-electron chi connectivity index (χ2n) is 5.06. The third kappa shape index (κ3) is 5.53. The van der Waals surface area contributed by atoms with E-state index >= 15 is 0 Å². The Hall–Kier alpha value is -1.20. The Kier molecular flexibility index (Phi) is 5.69. The number of hydrogen-bond donors (Lipinski definition) is 3. The van der Waals surface area contributed by atoms with E-state index in [0.717, 1.165) is 16.8 Å². The van der Waals surface area contributed by atoms with Crippen molar-refractivity contribution in [1.29, 1.82) is 0 Å². The van der Waals surface area contributed by atoms with Gasteiger partial charge in [-0.05, 0) is 44.2 Å². The maximum absolute atomic E-state index is 11.8. The number of benzene rings is 1. The highest BCUT2D eigenvalue weighted by atomic mass is 32.2. The van der Waals surface area contributed by atoms with Crippen molar-refractivity contribution >= 4 is 23.5 Å². The maximum atomic E-state index is 11.8. The lowest BCUT2D eigenvalue weighted by atomic mass is 10.1. The number of carbonyl (C=O) groups excluding carboxylic acids is 1. The van der Waals surface area contributed by atoms with Gasteiger partial charge in [-0.2, -0.15) is 11.8 Å². The molecule has 1 atom stereocenters. The zero-order valence-corrected chi connectivity index (χ0v) is 12.7. The number of hydrogen-bond acceptors (Lipinski definition) is 3. The van der Waals surface area contributed by atoms with Crippen LogP contribution in [-0.4, -0.2) is 35.3 Å². The van der Waals surface area contributed by atoms with E-state index in [1.165, 1.54) is 0 Å². The standard InChI is InChI=1S/C14H22N2O2S/c1-10-5-6-11(2)12(7-10)16-13(17)15-8-14(3,18)9-19-4/h5-7,18H,8-9H2,1-4H3,(H2,15,16,17). The maximum Gasteiger partial charge on any atom is 0.319 e. The average molecular weight is 282 g/mol. The lowest BCUT2D eigenvalue weighted by molar-refractivity contribution is 0.0876. The van der Waals surface area contributed by atoms with Gasteiger partial charge in [0.2, 0.25) is 0 Å². The topological polar surface area (TPSA) is 61.4 Å². The molecule has 0 radical (unpaired) electrons. The van der Waals surface area contributed by atoms with Crippen LogP contribution in [0.2, 0.25) is 0 Å². The van der Waals surface area contributed by atoms with Crippen molar-refractivity contribution in [3.63, 3.8) is 0 Å². The third-order valence-corrected chi connectivity index (χ3v) is 3.64. The fourth-order valence-electron chi connectivity index (χ4n) is 1.67. The van der Waals surface area contributed by atoms with Crippen LogP contribution in [0.3, 0.4) is 0 Å². The van der Waals surface area contributed by atoms with Crippen molar-refractivity contribution in [1.82, 2.24) is 5.32 Å². The molecule has 1 rings (SSSR count). The van der Waals surface area contributed by atoms with E-state index in [1.54, 1.807) is 18.7 Å². The zero-order valence-electron chi connectivity index (χ0n) is 11.9. The molecule has 0 aliphatic rings. The summed E-state index contributed by atoms with van der Waals surface area (Å²) in [5.74, 6) is 0.580. The predicted molar refractivity (Wildman–Crippen MR) is 81.9 cm³/mol. The van der Waals surface area contributed by atoms with E-state index in [1.807, 2.05) is 38.3 Å². The van der Waals surface area contributed by atoms with Gasteiger partial charge in [-0.25, -0.2) is 4.79 Å². The Morgan fingerprint density at radius 3 is 2.74 bits per heavy atom. The van der Waals surface area contributed by atoms with E-state index in [2.05, 4.69) is 10.6 Å².